The minimum absolute atomic E-state index is 0.0497. The fourth-order valence-corrected chi connectivity index (χ4v) is 2.95. The van der Waals surface area contributed by atoms with E-state index in [0.717, 1.165) is 16.7 Å². The molecule has 3 rings (SSSR count). The number of rotatable bonds is 5. The molecule has 1 N–H and O–H groups in total. The third-order valence-electron chi connectivity index (χ3n) is 4.28. The first-order valence-corrected chi connectivity index (χ1v) is 9.05. The van der Waals surface area contributed by atoms with E-state index in [1.165, 1.54) is 36.5 Å². The number of halogens is 4. The largest absolute Gasteiger partial charge is 0.416 e. The summed E-state index contributed by atoms with van der Waals surface area (Å²) < 4.78 is 39.9. The van der Waals surface area contributed by atoms with Gasteiger partial charge < -0.3 is 9.88 Å². The summed E-state index contributed by atoms with van der Waals surface area (Å²) in [5.74, 6) is -0.945. The highest BCUT2D eigenvalue weighted by atomic mass is 35.5. The van der Waals surface area contributed by atoms with Crippen LogP contribution in [0.4, 0.5) is 24.5 Å². The highest BCUT2D eigenvalue weighted by Crippen LogP contribution is 2.33. The van der Waals surface area contributed by atoms with Crippen LogP contribution in [0.5, 0.6) is 0 Å². The van der Waals surface area contributed by atoms with E-state index in [1.807, 2.05) is 0 Å². The molecule has 2 aromatic carbocycles. The number of carbonyl (C=O) groups excluding carboxylic acids is 1. The maximum atomic E-state index is 12.9. The number of carbonyl (C=O) groups is 1. The Morgan fingerprint density at radius 3 is 2.55 bits per heavy atom. The van der Waals surface area contributed by atoms with Crippen LogP contribution in [0.15, 0.2) is 65.6 Å². The van der Waals surface area contributed by atoms with E-state index < -0.39 is 28.1 Å². The zero-order chi connectivity index (χ0) is 22.8. The van der Waals surface area contributed by atoms with Crippen molar-refractivity contribution in [3.05, 3.63) is 103 Å². The Morgan fingerprint density at radius 2 is 1.87 bits per heavy atom. The molecule has 31 heavy (non-hydrogen) atoms. The van der Waals surface area contributed by atoms with Gasteiger partial charge in [-0.2, -0.15) is 13.2 Å². The van der Waals surface area contributed by atoms with Crippen LogP contribution < -0.4 is 10.9 Å². The van der Waals surface area contributed by atoms with Crippen LogP contribution in [0.25, 0.3) is 0 Å². The minimum Gasteiger partial charge on any atom is -0.320 e. The summed E-state index contributed by atoms with van der Waals surface area (Å²) in [6.07, 6.45) is -3.25. The smallest absolute Gasteiger partial charge is 0.320 e. The molecule has 0 atom stereocenters. The number of pyridine rings is 1. The van der Waals surface area contributed by atoms with Gasteiger partial charge in [0.05, 0.1) is 27.7 Å². The van der Waals surface area contributed by atoms with Crippen molar-refractivity contribution in [3.63, 3.8) is 0 Å². The Hall–Kier alpha value is -3.66. The van der Waals surface area contributed by atoms with E-state index in [2.05, 4.69) is 5.32 Å². The second-order valence-corrected chi connectivity index (χ2v) is 6.84. The SMILES string of the molecule is O=C(Nc1cc(C(F)(F)F)ccc1Cl)c1cccn(Cc2cccc([N+](=O)[O-])c2)c1=O. The molecule has 7 nitrogen and oxygen atoms in total. The molecule has 0 radical (unpaired) electrons. The van der Waals surface area contributed by atoms with Crippen LogP contribution in [0, 0.1) is 10.1 Å². The van der Waals surface area contributed by atoms with Crippen molar-refractivity contribution in [1.29, 1.82) is 0 Å². The molecule has 1 amide bonds. The van der Waals surface area contributed by atoms with Crippen LogP contribution in [0.3, 0.4) is 0 Å². The molecule has 0 aliphatic heterocycles. The van der Waals surface area contributed by atoms with Crippen LogP contribution in [0.2, 0.25) is 5.02 Å². The second kappa shape index (κ2) is 8.60. The summed E-state index contributed by atoms with van der Waals surface area (Å²) in [7, 11) is 0. The molecule has 160 valence electrons. The predicted octanol–water partition coefficient (Wildman–Crippen LogP) is 4.73. The van der Waals surface area contributed by atoms with Crippen molar-refractivity contribution in [3.8, 4) is 0 Å². The number of amides is 1. The Balaban J connectivity index is 1.88. The third kappa shape index (κ3) is 5.10. The summed E-state index contributed by atoms with van der Waals surface area (Å²) in [5, 5.41) is 13.0. The normalized spacial score (nSPS) is 11.2. The zero-order valence-electron chi connectivity index (χ0n) is 15.5. The fraction of sp³-hybridized carbons (Fsp3) is 0.100. The number of benzene rings is 2. The van der Waals surface area contributed by atoms with Crippen molar-refractivity contribution >= 4 is 28.9 Å². The van der Waals surface area contributed by atoms with Crippen LogP contribution >= 0.6 is 11.6 Å². The molecule has 1 heterocycles. The van der Waals surface area contributed by atoms with Gasteiger partial charge in [-0.25, -0.2) is 0 Å². The molecule has 3 aromatic rings. The molecule has 0 saturated heterocycles. The van der Waals surface area contributed by atoms with Gasteiger partial charge in [0.1, 0.15) is 5.56 Å². The molecule has 0 spiro atoms. The standard InChI is InChI=1S/C20H13ClF3N3O4/c21-16-7-6-13(20(22,23)24)10-17(16)25-18(28)15-5-2-8-26(19(15)29)11-12-3-1-4-14(9-12)27(30)31/h1-10H,11H2,(H,25,28). The fourth-order valence-electron chi connectivity index (χ4n) is 2.79. The number of nitrogens with one attached hydrogen (secondary N) is 1. The molecule has 0 aliphatic rings. The Morgan fingerprint density at radius 1 is 1.13 bits per heavy atom. The molecule has 1 aromatic heterocycles. The number of nitro groups is 1. The number of aromatic nitrogens is 1. The van der Waals surface area contributed by atoms with Gasteiger partial charge in [0, 0.05) is 18.3 Å². The van der Waals surface area contributed by atoms with Gasteiger partial charge in [-0.15, -0.1) is 0 Å². The number of nitro benzene ring substituents is 1. The van der Waals surface area contributed by atoms with E-state index in [4.69, 9.17) is 11.6 Å². The van der Waals surface area contributed by atoms with Gasteiger partial charge in [-0.05, 0) is 35.9 Å². The Labute approximate surface area is 177 Å². The van der Waals surface area contributed by atoms with E-state index in [9.17, 15) is 32.9 Å². The lowest BCUT2D eigenvalue weighted by molar-refractivity contribution is -0.384. The summed E-state index contributed by atoms with van der Waals surface area (Å²) in [4.78, 5) is 35.6. The van der Waals surface area contributed by atoms with Crippen LogP contribution in [-0.2, 0) is 12.7 Å². The van der Waals surface area contributed by atoms with Crippen LogP contribution in [-0.4, -0.2) is 15.4 Å². The van der Waals surface area contributed by atoms with Gasteiger partial charge in [-0.3, -0.25) is 19.7 Å². The molecular formula is C20H13ClF3N3O4. The topological polar surface area (TPSA) is 94.2 Å². The average molecular weight is 452 g/mol. The minimum atomic E-state index is -4.64. The number of anilines is 1. The first-order valence-electron chi connectivity index (χ1n) is 8.67. The predicted molar refractivity (Wildman–Crippen MR) is 107 cm³/mol. The van der Waals surface area contributed by atoms with Crippen molar-refractivity contribution < 1.29 is 22.9 Å². The molecule has 0 aliphatic carbocycles. The van der Waals surface area contributed by atoms with Gasteiger partial charge in [0.25, 0.3) is 17.2 Å². The van der Waals surface area contributed by atoms with Crippen molar-refractivity contribution in [1.82, 2.24) is 4.57 Å². The number of non-ortho nitro benzene ring substituents is 1. The number of hydrogen-bond donors (Lipinski definition) is 1. The van der Waals surface area contributed by atoms with E-state index >= 15 is 0 Å². The van der Waals surface area contributed by atoms with Gasteiger partial charge >= 0.3 is 6.18 Å². The van der Waals surface area contributed by atoms with Crippen molar-refractivity contribution in [2.24, 2.45) is 0 Å². The Bertz CT molecular complexity index is 1220. The zero-order valence-corrected chi connectivity index (χ0v) is 16.3. The molecule has 0 saturated carbocycles. The maximum absolute atomic E-state index is 12.9. The summed E-state index contributed by atoms with van der Waals surface area (Å²) >= 11 is 5.88. The molecule has 11 heteroatoms. The van der Waals surface area contributed by atoms with Crippen molar-refractivity contribution in [2.45, 2.75) is 12.7 Å². The quantitative estimate of drug-likeness (QED) is 0.448. The first kappa shape index (κ1) is 22.0. The average Bonchev–Trinajstić information content (AvgIpc) is 2.70. The summed E-state index contributed by atoms with van der Waals surface area (Å²) in [6.45, 7) is -0.0497. The molecule has 0 fully saturated rings. The highest BCUT2D eigenvalue weighted by Gasteiger charge is 2.31. The third-order valence-corrected chi connectivity index (χ3v) is 4.61. The molecule has 0 unspecified atom stereocenters. The second-order valence-electron chi connectivity index (χ2n) is 6.43. The summed E-state index contributed by atoms with van der Waals surface area (Å²) in [5.41, 5.74) is -2.07. The Kier molecular flexibility index (Phi) is 6.11. The molecular weight excluding hydrogens is 439 g/mol. The van der Waals surface area contributed by atoms with Crippen LogP contribution in [0.1, 0.15) is 21.5 Å². The lowest BCUT2D eigenvalue weighted by Crippen LogP contribution is -2.29. The van der Waals surface area contributed by atoms with E-state index in [1.54, 1.807) is 6.07 Å². The number of nitrogens with zero attached hydrogens (tertiary/aromatic N) is 2. The highest BCUT2D eigenvalue weighted by molar-refractivity contribution is 6.34. The van der Waals surface area contributed by atoms with Gasteiger partial charge in [-0.1, -0.05) is 23.7 Å². The first-order chi connectivity index (χ1) is 14.6. The van der Waals surface area contributed by atoms with Crippen molar-refractivity contribution in [2.75, 3.05) is 5.32 Å². The molecule has 0 bridgehead atoms. The maximum Gasteiger partial charge on any atom is 0.416 e. The summed E-state index contributed by atoms with van der Waals surface area (Å²) in [6, 6.07) is 10.7. The van der Waals surface area contributed by atoms with Gasteiger partial charge in [0.15, 0.2) is 0 Å². The number of alkyl halides is 3. The van der Waals surface area contributed by atoms with E-state index in [0.29, 0.717) is 11.6 Å². The van der Waals surface area contributed by atoms with Gasteiger partial charge in [0.2, 0.25) is 0 Å². The number of hydrogen-bond acceptors (Lipinski definition) is 4. The monoisotopic (exact) mass is 451 g/mol. The van der Waals surface area contributed by atoms with E-state index in [-0.39, 0.29) is 28.5 Å². The lowest BCUT2D eigenvalue weighted by Gasteiger charge is -2.12. The lowest BCUT2D eigenvalue weighted by atomic mass is 10.1.